The number of carbonyl (C=O) groups is 1. The van der Waals surface area contributed by atoms with Crippen molar-refractivity contribution < 1.29 is 19.0 Å². The lowest BCUT2D eigenvalue weighted by atomic mass is 9.89. The first-order chi connectivity index (χ1) is 6.31. The molecule has 3 aliphatic rings. The van der Waals surface area contributed by atoms with Crippen LogP contribution < -0.4 is 0 Å². The third kappa shape index (κ3) is 0.957. The van der Waals surface area contributed by atoms with Gasteiger partial charge in [0.05, 0.1) is 18.6 Å². The Labute approximate surface area is 76.1 Å². The second-order valence-electron chi connectivity index (χ2n) is 3.80. The van der Waals surface area contributed by atoms with Crippen LogP contribution in [0.25, 0.3) is 0 Å². The zero-order valence-corrected chi connectivity index (χ0v) is 7.43. The molecule has 0 aromatic carbocycles. The molecule has 0 spiro atoms. The lowest BCUT2D eigenvalue weighted by Gasteiger charge is -2.14. The molecular formula is C9H12O4. The fraction of sp³-hybridized carbons (Fsp3) is 0.889. The first-order valence-corrected chi connectivity index (χ1v) is 4.79. The van der Waals surface area contributed by atoms with Crippen LogP contribution in [0.5, 0.6) is 0 Å². The lowest BCUT2D eigenvalue weighted by molar-refractivity contribution is -0.150. The SMILES string of the molecule is CCOC(=O)[C@H]1C[C@@H]2O[C@H]1[C@H]1O[C@@H]12. The van der Waals surface area contributed by atoms with Gasteiger partial charge in [0.1, 0.15) is 18.3 Å². The van der Waals surface area contributed by atoms with Crippen LogP contribution in [0.15, 0.2) is 0 Å². The number of hydrogen-bond donors (Lipinski definition) is 0. The van der Waals surface area contributed by atoms with E-state index in [0.717, 1.165) is 6.42 Å². The zero-order valence-electron chi connectivity index (χ0n) is 7.43. The van der Waals surface area contributed by atoms with Crippen LogP contribution in [0.3, 0.4) is 0 Å². The Bertz CT molecular complexity index is 252. The molecule has 13 heavy (non-hydrogen) atoms. The van der Waals surface area contributed by atoms with Crippen molar-refractivity contribution in [3.8, 4) is 0 Å². The van der Waals surface area contributed by atoms with Crippen molar-refractivity contribution >= 4 is 5.97 Å². The molecule has 4 heteroatoms. The van der Waals surface area contributed by atoms with Gasteiger partial charge in [0.15, 0.2) is 0 Å². The molecule has 5 atom stereocenters. The molecule has 3 saturated heterocycles. The van der Waals surface area contributed by atoms with E-state index < -0.39 is 0 Å². The summed E-state index contributed by atoms with van der Waals surface area (Å²) in [6.45, 7) is 2.27. The molecule has 0 radical (unpaired) electrons. The van der Waals surface area contributed by atoms with Crippen molar-refractivity contribution in [1.82, 2.24) is 0 Å². The smallest absolute Gasteiger partial charge is 0.311 e. The maximum atomic E-state index is 11.4. The minimum absolute atomic E-state index is 0.0194. The van der Waals surface area contributed by atoms with E-state index in [1.54, 1.807) is 0 Å². The topological polar surface area (TPSA) is 48.1 Å². The number of carbonyl (C=O) groups excluding carboxylic acids is 1. The fourth-order valence-electron chi connectivity index (χ4n) is 2.43. The van der Waals surface area contributed by atoms with E-state index in [9.17, 15) is 4.79 Å². The highest BCUT2D eigenvalue weighted by atomic mass is 16.7. The number of hydrogen-bond acceptors (Lipinski definition) is 4. The average Bonchev–Trinajstić information content (AvgIpc) is 2.72. The first-order valence-electron chi connectivity index (χ1n) is 4.79. The molecule has 0 N–H and O–H groups in total. The number of ether oxygens (including phenoxy) is 3. The first kappa shape index (κ1) is 7.76. The van der Waals surface area contributed by atoms with Crippen molar-refractivity contribution in [2.45, 2.75) is 37.8 Å². The third-order valence-electron chi connectivity index (χ3n) is 3.06. The molecule has 0 unspecified atom stereocenters. The molecule has 3 rings (SSSR count). The van der Waals surface area contributed by atoms with Crippen molar-refractivity contribution in [3.05, 3.63) is 0 Å². The second-order valence-corrected chi connectivity index (χ2v) is 3.80. The Morgan fingerprint density at radius 2 is 2.23 bits per heavy atom. The summed E-state index contributed by atoms with van der Waals surface area (Å²) in [5.41, 5.74) is 0. The van der Waals surface area contributed by atoms with Gasteiger partial charge >= 0.3 is 5.97 Å². The maximum Gasteiger partial charge on any atom is 0.311 e. The van der Waals surface area contributed by atoms with Crippen molar-refractivity contribution in [3.63, 3.8) is 0 Å². The Morgan fingerprint density at radius 1 is 1.38 bits per heavy atom. The molecule has 0 amide bonds. The normalized spacial score (nSPS) is 50.4. The molecule has 3 fully saturated rings. The number of esters is 1. The molecule has 0 aliphatic carbocycles. The van der Waals surface area contributed by atoms with Gasteiger partial charge < -0.3 is 14.2 Å². The molecule has 2 bridgehead atoms. The standard InChI is InChI=1S/C9H12O4/c1-2-11-9(10)4-3-5-7-8(13-7)6(4)12-5/h4-8H,2-3H2,1H3/t4-,5-,6+,7+,8+/m0/s1. The second kappa shape index (κ2) is 2.45. The largest absolute Gasteiger partial charge is 0.466 e. The van der Waals surface area contributed by atoms with Crippen LogP contribution in [-0.2, 0) is 19.0 Å². The summed E-state index contributed by atoms with van der Waals surface area (Å²) >= 11 is 0. The molecule has 72 valence electrons. The Balaban J connectivity index is 1.70. The highest BCUT2D eigenvalue weighted by molar-refractivity contribution is 5.74. The van der Waals surface area contributed by atoms with Crippen LogP contribution >= 0.6 is 0 Å². The summed E-state index contributed by atoms with van der Waals surface area (Å²) in [6, 6.07) is 0. The van der Waals surface area contributed by atoms with Gasteiger partial charge in [0.25, 0.3) is 0 Å². The van der Waals surface area contributed by atoms with Gasteiger partial charge in [-0.05, 0) is 13.3 Å². The monoisotopic (exact) mass is 184 g/mol. The Kier molecular flexibility index (Phi) is 1.46. The third-order valence-corrected chi connectivity index (χ3v) is 3.06. The van der Waals surface area contributed by atoms with Gasteiger partial charge in [-0.1, -0.05) is 0 Å². The van der Waals surface area contributed by atoms with E-state index in [4.69, 9.17) is 14.2 Å². The van der Waals surface area contributed by atoms with Crippen LogP contribution in [0.4, 0.5) is 0 Å². The Hall–Kier alpha value is -0.610. The van der Waals surface area contributed by atoms with Gasteiger partial charge in [0, 0.05) is 0 Å². The summed E-state index contributed by atoms with van der Waals surface area (Å²) in [6.07, 6.45) is 1.40. The van der Waals surface area contributed by atoms with E-state index >= 15 is 0 Å². The van der Waals surface area contributed by atoms with Crippen LogP contribution in [-0.4, -0.2) is 37.0 Å². The van der Waals surface area contributed by atoms with Crippen LogP contribution in [0.2, 0.25) is 0 Å². The molecule has 0 saturated carbocycles. The summed E-state index contributed by atoms with van der Waals surface area (Å²) in [5, 5.41) is 0. The zero-order chi connectivity index (χ0) is 9.00. The van der Waals surface area contributed by atoms with Gasteiger partial charge in [0.2, 0.25) is 0 Å². The van der Waals surface area contributed by atoms with E-state index in [-0.39, 0.29) is 36.3 Å². The average molecular weight is 184 g/mol. The quantitative estimate of drug-likeness (QED) is 0.451. The molecule has 0 aromatic heterocycles. The van der Waals surface area contributed by atoms with E-state index in [0.29, 0.717) is 6.61 Å². The van der Waals surface area contributed by atoms with Crippen LogP contribution in [0, 0.1) is 5.92 Å². The predicted molar refractivity (Wildman–Crippen MR) is 42.1 cm³/mol. The van der Waals surface area contributed by atoms with Gasteiger partial charge in [-0.15, -0.1) is 0 Å². The molecular weight excluding hydrogens is 172 g/mol. The predicted octanol–water partition coefficient (Wildman–Crippen LogP) is 0.104. The van der Waals surface area contributed by atoms with E-state index in [1.165, 1.54) is 0 Å². The fourth-order valence-corrected chi connectivity index (χ4v) is 2.43. The highest BCUT2D eigenvalue weighted by Gasteiger charge is 2.66. The molecule has 0 aromatic rings. The summed E-state index contributed by atoms with van der Waals surface area (Å²) in [5.74, 6) is -0.197. The molecule has 3 aliphatic heterocycles. The summed E-state index contributed by atoms with van der Waals surface area (Å²) < 4.78 is 15.9. The van der Waals surface area contributed by atoms with Gasteiger partial charge in [-0.25, -0.2) is 0 Å². The van der Waals surface area contributed by atoms with Crippen molar-refractivity contribution in [2.24, 2.45) is 5.92 Å². The molecule has 3 heterocycles. The highest BCUT2D eigenvalue weighted by Crippen LogP contribution is 2.51. The minimum Gasteiger partial charge on any atom is -0.466 e. The van der Waals surface area contributed by atoms with Crippen molar-refractivity contribution in [1.29, 1.82) is 0 Å². The summed E-state index contributed by atoms with van der Waals surface area (Å²) in [4.78, 5) is 11.4. The lowest BCUT2D eigenvalue weighted by Crippen LogP contribution is -2.31. The Morgan fingerprint density at radius 3 is 2.85 bits per heavy atom. The van der Waals surface area contributed by atoms with E-state index in [1.807, 2.05) is 6.92 Å². The maximum absolute atomic E-state index is 11.4. The number of rotatable bonds is 2. The summed E-state index contributed by atoms with van der Waals surface area (Å²) in [7, 11) is 0. The van der Waals surface area contributed by atoms with Gasteiger partial charge in [-0.2, -0.15) is 0 Å². The molecule has 4 nitrogen and oxygen atoms in total. The van der Waals surface area contributed by atoms with Crippen LogP contribution in [0.1, 0.15) is 13.3 Å². The van der Waals surface area contributed by atoms with Gasteiger partial charge in [-0.3, -0.25) is 4.79 Å². The number of epoxide rings is 1. The van der Waals surface area contributed by atoms with Crippen molar-refractivity contribution in [2.75, 3.05) is 6.61 Å². The number of fused-ring (bicyclic) bond motifs is 5. The van der Waals surface area contributed by atoms with E-state index in [2.05, 4.69) is 0 Å². The minimum atomic E-state index is -0.121.